The van der Waals surface area contributed by atoms with Gasteiger partial charge in [-0.2, -0.15) is 0 Å². The van der Waals surface area contributed by atoms with Gasteiger partial charge in [-0.25, -0.2) is 0 Å². The molecule has 1 aromatic rings. The molecule has 0 bridgehead atoms. The van der Waals surface area contributed by atoms with Crippen molar-refractivity contribution in [2.45, 2.75) is 25.8 Å². The highest BCUT2D eigenvalue weighted by Gasteiger charge is 2.28. The molecule has 2 aliphatic heterocycles. The second-order valence-corrected chi connectivity index (χ2v) is 6.35. The highest BCUT2D eigenvalue weighted by molar-refractivity contribution is 5.99. The van der Waals surface area contributed by atoms with Crippen molar-refractivity contribution in [3.8, 4) is 11.5 Å². The third-order valence-electron chi connectivity index (χ3n) is 4.77. The van der Waals surface area contributed by atoms with Crippen LogP contribution in [0, 0.1) is 5.92 Å². The largest absolute Gasteiger partial charge is 0.497 e. The Bertz CT molecular complexity index is 623. The van der Waals surface area contributed by atoms with E-state index >= 15 is 0 Å². The number of fused-ring (bicyclic) bond motifs is 1. The van der Waals surface area contributed by atoms with Crippen molar-refractivity contribution in [2.75, 3.05) is 26.8 Å². The summed E-state index contributed by atoms with van der Waals surface area (Å²) in [5.74, 6) is 2.13. The van der Waals surface area contributed by atoms with Crippen molar-refractivity contribution < 1.29 is 14.3 Å². The van der Waals surface area contributed by atoms with E-state index < -0.39 is 0 Å². The number of piperidine rings is 1. The average Bonchev–Trinajstić information content (AvgIpc) is 2.60. The molecule has 24 heavy (non-hydrogen) atoms. The number of hydrogen-bond donors (Lipinski definition) is 1. The third-order valence-corrected chi connectivity index (χ3v) is 4.77. The predicted octanol–water partition coefficient (Wildman–Crippen LogP) is 2.48. The van der Waals surface area contributed by atoms with Gasteiger partial charge >= 0.3 is 0 Å². The van der Waals surface area contributed by atoms with Gasteiger partial charge in [-0.3, -0.25) is 4.79 Å². The van der Waals surface area contributed by atoms with Crippen LogP contribution in [0.1, 0.15) is 25.3 Å². The molecule has 132 valence electrons. The van der Waals surface area contributed by atoms with Crippen LogP contribution in [0.3, 0.4) is 0 Å². The van der Waals surface area contributed by atoms with Gasteiger partial charge < -0.3 is 20.1 Å². The molecule has 2 aliphatic rings. The molecule has 6 heteroatoms. The van der Waals surface area contributed by atoms with Gasteiger partial charge in [0.25, 0.3) is 5.91 Å². The van der Waals surface area contributed by atoms with Crippen molar-refractivity contribution >= 4 is 24.4 Å². The lowest BCUT2D eigenvalue weighted by atomic mass is 9.90. The molecule has 0 spiro atoms. The normalized spacial score (nSPS) is 18.6. The zero-order valence-electron chi connectivity index (χ0n) is 14.2. The maximum absolute atomic E-state index is 12.7. The highest BCUT2D eigenvalue weighted by atomic mass is 35.5. The quantitative estimate of drug-likeness (QED) is 0.907. The Hall–Kier alpha value is -1.72. The van der Waals surface area contributed by atoms with Crippen LogP contribution in [-0.2, 0) is 4.79 Å². The number of carbonyl (C=O) groups is 1. The summed E-state index contributed by atoms with van der Waals surface area (Å²) < 4.78 is 11.0. The van der Waals surface area contributed by atoms with E-state index in [-0.39, 0.29) is 24.4 Å². The Morgan fingerprint density at radius 1 is 1.38 bits per heavy atom. The number of carbonyl (C=O) groups excluding carboxylic acids is 1. The second-order valence-electron chi connectivity index (χ2n) is 6.35. The summed E-state index contributed by atoms with van der Waals surface area (Å²) in [5.41, 5.74) is 7.56. The number of rotatable bonds is 3. The van der Waals surface area contributed by atoms with Gasteiger partial charge in [0.15, 0.2) is 0 Å². The molecule has 0 radical (unpaired) electrons. The maximum Gasteiger partial charge on any atom is 0.253 e. The number of hydrogen-bond acceptors (Lipinski definition) is 4. The second kappa shape index (κ2) is 7.90. The van der Waals surface area contributed by atoms with Crippen LogP contribution >= 0.6 is 12.4 Å². The molecule has 1 amide bonds. The van der Waals surface area contributed by atoms with Crippen molar-refractivity contribution in [3.63, 3.8) is 0 Å². The van der Waals surface area contributed by atoms with Crippen molar-refractivity contribution in [2.24, 2.45) is 11.7 Å². The molecule has 1 saturated heterocycles. The minimum atomic E-state index is 0. The lowest BCUT2D eigenvalue weighted by Crippen LogP contribution is -2.43. The Labute approximate surface area is 149 Å². The van der Waals surface area contributed by atoms with Crippen LogP contribution in [-0.4, -0.2) is 43.7 Å². The Morgan fingerprint density at radius 3 is 2.71 bits per heavy atom. The summed E-state index contributed by atoms with van der Waals surface area (Å²) in [6, 6.07) is 5.83. The van der Waals surface area contributed by atoms with Gasteiger partial charge in [-0.05, 0) is 50.0 Å². The lowest BCUT2D eigenvalue weighted by molar-refractivity contribution is -0.128. The fourth-order valence-electron chi connectivity index (χ4n) is 3.24. The summed E-state index contributed by atoms with van der Waals surface area (Å²) in [6.07, 6.45) is 3.87. The molecule has 0 aliphatic carbocycles. The number of nitrogens with zero attached hydrogens (tertiary/aromatic N) is 1. The van der Waals surface area contributed by atoms with E-state index in [4.69, 9.17) is 15.2 Å². The Morgan fingerprint density at radius 2 is 2.08 bits per heavy atom. The number of halogens is 1. The number of nitrogens with two attached hydrogens (primary N) is 1. The van der Waals surface area contributed by atoms with Gasteiger partial charge in [-0.15, -0.1) is 12.4 Å². The van der Waals surface area contributed by atoms with Crippen LogP contribution in [0.4, 0.5) is 0 Å². The number of methoxy groups -OCH3 is 1. The van der Waals surface area contributed by atoms with Crippen molar-refractivity contribution in [1.82, 2.24) is 4.90 Å². The molecule has 1 atom stereocenters. The summed E-state index contributed by atoms with van der Waals surface area (Å²) >= 11 is 0. The van der Waals surface area contributed by atoms with Gasteiger partial charge in [0.2, 0.25) is 0 Å². The third kappa shape index (κ3) is 3.84. The maximum atomic E-state index is 12.7. The topological polar surface area (TPSA) is 64.8 Å². The zero-order valence-corrected chi connectivity index (χ0v) is 15.0. The van der Waals surface area contributed by atoms with Crippen LogP contribution in [0.15, 0.2) is 23.8 Å². The van der Waals surface area contributed by atoms with Crippen molar-refractivity contribution in [1.29, 1.82) is 0 Å². The van der Waals surface area contributed by atoms with E-state index in [1.165, 1.54) is 0 Å². The van der Waals surface area contributed by atoms with E-state index in [2.05, 4.69) is 0 Å². The number of likely N-dealkylation sites (tertiary alicyclic amines) is 1. The first-order chi connectivity index (χ1) is 11.1. The number of amides is 1. The molecule has 1 fully saturated rings. The molecule has 0 saturated carbocycles. The smallest absolute Gasteiger partial charge is 0.253 e. The highest BCUT2D eigenvalue weighted by Crippen LogP contribution is 2.31. The minimum absolute atomic E-state index is 0. The molecular formula is C18H25ClN2O3. The summed E-state index contributed by atoms with van der Waals surface area (Å²) in [4.78, 5) is 14.6. The van der Waals surface area contributed by atoms with Crippen LogP contribution in [0.5, 0.6) is 11.5 Å². The Balaban J connectivity index is 0.00000208. The molecule has 0 aromatic heterocycles. The summed E-state index contributed by atoms with van der Waals surface area (Å²) in [5, 5.41) is 0. The summed E-state index contributed by atoms with van der Waals surface area (Å²) in [6.45, 7) is 3.91. The monoisotopic (exact) mass is 352 g/mol. The van der Waals surface area contributed by atoms with Crippen molar-refractivity contribution in [3.05, 3.63) is 29.3 Å². The number of ether oxygens (including phenoxy) is 2. The first-order valence-corrected chi connectivity index (χ1v) is 8.14. The molecule has 2 N–H and O–H groups in total. The van der Waals surface area contributed by atoms with E-state index in [1.54, 1.807) is 7.11 Å². The molecule has 2 heterocycles. The van der Waals surface area contributed by atoms with Gasteiger partial charge in [-0.1, -0.05) is 0 Å². The minimum Gasteiger partial charge on any atom is -0.497 e. The van der Waals surface area contributed by atoms with E-state index in [0.717, 1.165) is 43.0 Å². The SMILES string of the molecule is COc1ccc2c(c1)C=C(C(=O)N1CCC(C(C)N)CC1)CO2.Cl. The average molecular weight is 353 g/mol. The van der Waals surface area contributed by atoms with E-state index in [9.17, 15) is 4.79 Å². The molecule has 3 rings (SSSR count). The molecule has 1 aromatic carbocycles. The van der Waals surface area contributed by atoms with Gasteiger partial charge in [0.1, 0.15) is 18.1 Å². The van der Waals surface area contributed by atoms with Gasteiger partial charge in [0, 0.05) is 24.7 Å². The standard InChI is InChI=1S/C18H24N2O3.ClH/c1-12(19)13-5-7-20(8-6-13)18(21)15-9-14-10-16(22-2)3-4-17(14)23-11-15;/h3-4,9-10,12-13H,5-8,11,19H2,1-2H3;1H. The predicted molar refractivity (Wildman–Crippen MR) is 96.7 cm³/mol. The van der Waals surface area contributed by atoms with E-state index in [1.807, 2.05) is 36.1 Å². The first-order valence-electron chi connectivity index (χ1n) is 8.14. The van der Waals surface area contributed by atoms with Crippen LogP contribution in [0.2, 0.25) is 0 Å². The van der Waals surface area contributed by atoms with E-state index in [0.29, 0.717) is 18.1 Å². The fraction of sp³-hybridized carbons (Fsp3) is 0.500. The van der Waals surface area contributed by atoms with Crippen LogP contribution < -0.4 is 15.2 Å². The Kier molecular flexibility index (Phi) is 6.13. The molecule has 1 unspecified atom stereocenters. The van der Waals surface area contributed by atoms with Crippen LogP contribution in [0.25, 0.3) is 6.08 Å². The zero-order chi connectivity index (χ0) is 16.4. The molecule has 5 nitrogen and oxygen atoms in total. The fourth-order valence-corrected chi connectivity index (χ4v) is 3.24. The lowest BCUT2D eigenvalue weighted by Gasteiger charge is -2.34. The molecular weight excluding hydrogens is 328 g/mol. The first kappa shape index (κ1) is 18.6. The van der Waals surface area contributed by atoms with Gasteiger partial charge in [0.05, 0.1) is 12.7 Å². The number of benzene rings is 1. The summed E-state index contributed by atoms with van der Waals surface area (Å²) in [7, 11) is 1.63.